The van der Waals surface area contributed by atoms with Gasteiger partial charge in [-0.2, -0.15) is 0 Å². The summed E-state index contributed by atoms with van der Waals surface area (Å²) in [6.45, 7) is 4.58. The number of hydrogen-bond acceptors (Lipinski definition) is 3. The molecule has 4 heteroatoms. The number of aliphatic hydroxyl groups is 1. The SMILES string of the molecule is CN(CCN1CCCC1)c1ccc(CO)c(Cl)c1. The molecule has 1 aliphatic heterocycles. The first kappa shape index (κ1) is 13.7. The fourth-order valence-corrected chi connectivity index (χ4v) is 2.56. The van der Waals surface area contributed by atoms with E-state index in [1.165, 1.54) is 25.9 Å². The van der Waals surface area contributed by atoms with E-state index in [2.05, 4.69) is 16.8 Å². The Balaban J connectivity index is 1.91. The summed E-state index contributed by atoms with van der Waals surface area (Å²) in [5, 5.41) is 9.73. The normalized spacial score (nSPS) is 16.2. The van der Waals surface area contributed by atoms with Crippen molar-refractivity contribution in [1.82, 2.24) is 4.90 Å². The summed E-state index contributed by atoms with van der Waals surface area (Å²) in [4.78, 5) is 4.71. The Morgan fingerprint density at radius 1 is 1.33 bits per heavy atom. The Bertz CT molecular complexity index is 391. The molecule has 3 nitrogen and oxygen atoms in total. The maximum absolute atomic E-state index is 9.09. The number of aliphatic hydroxyl groups excluding tert-OH is 1. The first-order chi connectivity index (χ1) is 8.70. The molecular formula is C14H21ClN2O. The summed E-state index contributed by atoms with van der Waals surface area (Å²) in [6, 6.07) is 5.84. The number of likely N-dealkylation sites (N-methyl/N-ethyl adjacent to an activating group) is 1. The third kappa shape index (κ3) is 3.37. The van der Waals surface area contributed by atoms with Crippen molar-refractivity contribution in [3.8, 4) is 0 Å². The van der Waals surface area contributed by atoms with Gasteiger partial charge in [-0.15, -0.1) is 0 Å². The van der Waals surface area contributed by atoms with E-state index in [4.69, 9.17) is 16.7 Å². The topological polar surface area (TPSA) is 26.7 Å². The highest BCUT2D eigenvalue weighted by Gasteiger charge is 2.12. The lowest BCUT2D eigenvalue weighted by Crippen LogP contribution is -2.31. The fraction of sp³-hybridized carbons (Fsp3) is 0.571. The molecule has 0 amide bonds. The van der Waals surface area contributed by atoms with Crippen molar-refractivity contribution >= 4 is 17.3 Å². The van der Waals surface area contributed by atoms with Crippen molar-refractivity contribution in [3.05, 3.63) is 28.8 Å². The van der Waals surface area contributed by atoms with Gasteiger partial charge in [0.05, 0.1) is 6.61 Å². The predicted molar refractivity (Wildman–Crippen MR) is 76.3 cm³/mol. The van der Waals surface area contributed by atoms with Crippen LogP contribution >= 0.6 is 11.6 Å². The number of anilines is 1. The molecule has 0 aliphatic carbocycles. The third-order valence-corrected chi connectivity index (χ3v) is 3.95. The van der Waals surface area contributed by atoms with E-state index in [1.807, 2.05) is 18.2 Å². The number of nitrogens with zero attached hydrogens (tertiary/aromatic N) is 2. The Labute approximate surface area is 114 Å². The maximum atomic E-state index is 9.09. The van der Waals surface area contributed by atoms with E-state index in [1.54, 1.807) is 0 Å². The van der Waals surface area contributed by atoms with Crippen molar-refractivity contribution in [2.24, 2.45) is 0 Å². The van der Waals surface area contributed by atoms with Gasteiger partial charge in [-0.25, -0.2) is 0 Å². The van der Waals surface area contributed by atoms with Gasteiger partial charge >= 0.3 is 0 Å². The predicted octanol–water partition coefficient (Wildman–Crippen LogP) is 2.36. The van der Waals surface area contributed by atoms with Crippen LogP contribution in [0.15, 0.2) is 18.2 Å². The molecule has 0 atom stereocenters. The molecule has 1 heterocycles. The van der Waals surface area contributed by atoms with Gasteiger partial charge in [0.25, 0.3) is 0 Å². The van der Waals surface area contributed by atoms with Crippen LogP contribution in [0.5, 0.6) is 0 Å². The van der Waals surface area contributed by atoms with Crippen LogP contribution < -0.4 is 4.90 Å². The number of likely N-dealkylation sites (tertiary alicyclic amines) is 1. The molecule has 1 N–H and O–H groups in total. The highest BCUT2D eigenvalue weighted by molar-refractivity contribution is 6.31. The molecule has 1 aromatic rings. The Kier molecular flexibility index (Phi) is 4.87. The second kappa shape index (κ2) is 6.41. The largest absolute Gasteiger partial charge is 0.392 e. The molecule has 1 saturated heterocycles. The van der Waals surface area contributed by atoms with Gasteiger partial charge in [-0.3, -0.25) is 0 Å². The summed E-state index contributed by atoms with van der Waals surface area (Å²) in [6.07, 6.45) is 2.67. The van der Waals surface area contributed by atoms with Gasteiger partial charge in [-0.1, -0.05) is 17.7 Å². The molecule has 0 spiro atoms. The van der Waals surface area contributed by atoms with Gasteiger partial charge in [0.2, 0.25) is 0 Å². The minimum Gasteiger partial charge on any atom is -0.392 e. The quantitative estimate of drug-likeness (QED) is 0.888. The molecule has 1 fully saturated rings. The summed E-state index contributed by atoms with van der Waals surface area (Å²) in [5.74, 6) is 0. The Morgan fingerprint density at radius 2 is 2.06 bits per heavy atom. The fourth-order valence-electron chi connectivity index (χ4n) is 2.33. The van der Waals surface area contributed by atoms with Crippen molar-refractivity contribution in [2.45, 2.75) is 19.4 Å². The van der Waals surface area contributed by atoms with E-state index in [-0.39, 0.29) is 6.61 Å². The molecule has 0 bridgehead atoms. The smallest absolute Gasteiger partial charge is 0.0696 e. The molecule has 0 radical (unpaired) electrons. The minimum absolute atomic E-state index is 0.00337. The van der Waals surface area contributed by atoms with Crippen molar-refractivity contribution in [3.63, 3.8) is 0 Å². The molecule has 0 aromatic heterocycles. The number of rotatable bonds is 5. The lowest BCUT2D eigenvalue weighted by Gasteiger charge is -2.23. The summed E-state index contributed by atoms with van der Waals surface area (Å²) < 4.78 is 0. The van der Waals surface area contributed by atoms with Gasteiger partial charge in [0.1, 0.15) is 0 Å². The van der Waals surface area contributed by atoms with Crippen LogP contribution in [0.1, 0.15) is 18.4 Å². The van der Waals surface area contributed by atoms with Gasteiger partial charge in [-0.05, 0) is 43.6 Å². The molecular weight excluding hydrogens is 248 g/mol. The number of halogens is 1. The van der Waals surface area contributed by atoms with Crippen LogP contribution in [-0.2, 0) is 6.61 Å². The number of hydrogen-bond donors (Lipinski definition) is 1. The molecule has 100 valence electrons. The van der Waals surface area contributed by atoms with E-state index >= 15 is 0 Å². The lowest BCUT2D eigenvalue weighted by atomic mass is 10.2. The minimum atomic E-state index is -0.00337. The van der Waals surface area contributed by atoms with E-state index in [0.717, 1.165) is 24.3 Å². The Morgan fingerprint density at radius 3 is 2.67 bits per heavy atom. The zero-order valence-electron chi connectivity index (χ0n) is 10.9. The van der Waals surface area contributed by atoms with Crippen LogP contribution in [0.2, 0.25) is 5.02 Å². The molecule has 1 aliphatic rings. The monoisotopic (exact) mass is 268 g/mol. The first-order valence-corrected chi connectivity index (χ1v) is 6.91. The average molecular weight is 269 g/mol. The van der Waals surface area contributed by atoms with E-state index < -0.39 is 0 Å². The second-order valence-corrected chi connectivity index (χ2v) is 5.31. The van der Waals surface area contributed by atoms with Crippen molar-refractivity contribution in [1.29, 1.82) is 0 Å². The van der Waals surface area contributed by atoms with Crippen molar-refractivity contribution in [2.75, 3.05) is 38.1 Å². The number of benzene rings is 1. The lowest BCUT2D eigenvalue weighted by molar-refractivity contribution is 0.282. The second-order valence-electron chi connectivity index (χ2n) is 4.90. The zero-order chi connectivity index (χ0) is 13.0. The van der Waals surface area contributed by atoms with Gasteiger partial charge in [0.15, 0.2) is 0 Å². The summed E-state index contributed by atoms with van der Waals surface area (Å²) >= 11 is 6.10. The van der Waals surface area contributed by atoms with Crippen LogP contribution in [0.4, 0.5) is 5.69 Å². The highest BCUT2D eigenvalue weighted by atomic mass is 35.5. The maximum Gasteiger partial charge on any atom is 0.0696 e. The molecule has 2 rings (SSSR count). The van der Waals surface area contributed by atoms with E-state index in [9.17, 15) is 0 Å². The molecule has 0 unspecified atom stereocenters. The van der Waals surface area contributed by atoms with Crippen LogP contribution in [0.25, 0.3) is 0 Å². The third-order valence-electron chi connectivity index (χ3n) is 3.60. The standard InChI is InChI=1S/C14H21ClN2O/c1-16(8-9-17-6-2-3-7-17)13-5-4-12(11-18)14(15)10-13/h4-5,10,18H,2-3,6-9,11H2,1H3. The van der Waals surface area contributed by atoms with Crippen molar-refractivity contribution < 1.29 is 5.11 Å². The first-order valence-electron chi connectivity index (χ1n) is 6.53. The summed E-state index contributed by atoms with van der Waals surface area (Å²) in [5.41, 5.74) is 1.89. The van der Waals surface area contributed by atoms with Gasteiger partial charge in [0, 0.05) is 30.8 Å². The average Bonchev–Trinajstić information content (AvgIpc) is 2.89. The van der Waals surface area contributed by atoms with E-state index in [0.29, 0.717) is 5.02 Å². The summed E-state index contributed by atoms with van der Waals surface area (Å²) in [7, 11) is 2.08. The molecule has 0 saturated carbocycles. The molecule has 18 heavy (non-hydrogen) atoms. The van der Waals surface area contributed by atoms with Crippen LogP contribution in [0, 0.1) is 0 Å². The zero-order valence-corrected chi connectivity index (χ0v) is 11.7. The van der Waals surface area contributed by atoms with Crippen LogP contribution in [0.3, 0.4) is 0 Å². The van der Waals surface area contributed by atoms with Gasteiger partial charge < -0.3 is 14.9 Å². The molecule has 1 aromatic carbocycles. The van der Waals surface area contributed by atoms with Crippen LogP contribution in [-0.4, -0.2) is 43.2 Å². The Hall–Kier alpha value is -0.770. The highest BCUT2D eigenvalue weighted by Crippen LogP contribution is 2.23.